The van der Waals surface area contributed by atoms with Crippen LogP contribution in [0.3, 0.4) is 0 Å². The third-order valence-corrected chi connectivity index (χ3v) is 5.12. The molecule has 1 amide bonds. The number of aromatic nitrogens is 4. The highest BCUT2D eigenvalue weighted by molar-refractivity contribution is 6.31. The minimum Gasteiger partial charge on any atom is -0.497 e. The lowest BCUT2D eigenvalue weighted by molar-refractivity contribution is -0.142. The first kappa shape index (κ1) is 21.6. The number of carbonyl (C=O) groups is 1. The molecule has 32 heavy (non-hydrogen) atoms. The number of hydrogen-bond donors (Lipinski definition) is 1. The monoisotopic (exact) mass is 461 g/mol. The van der Waals surface area contributed by atoms with E-state index >= 15 is 0 Å². The maximum atomic E-state index is 13.7. The number of amides is 1. The zero-order valence-corrected chi connectivity index (χ0v) is 17.5. The Kier molecular flexibility index (Phi) is 5.47. The van der Waals surface area contributed by atoms with Gasteiger partial charge in [-0.25, -0.2) is 4.98 Å². The van der Waals surface area contributed by atoms with E-state index in [0.717, 1.165) is 6.07 Å². The molecule has 0 unspecified atom stereocenters. The number of halogens is 4. The molecule has 164 valence electrons. The van der Waals surface area contributed by atoms with Gasteiger partial charge in [-0.15, -0.1) is 5.10 Å². The van der Waals surface area contributed by atoms with Gasteiger partial charge in [0.1, 0.15) is 5.75 Å². The normalized spacial score (nSPS) is 11.6. The molecule has 4 rings (SSSR count). The number of hydrogen-bond acceptors (Lipinski definition) is 5. The van der Waals surface area contributed by atoms with Gasteiger partial charge in [0.25, 0.3) is 11.7 Å². The van der Waals surface area contributed by atoms with E-state index in [0.29, 0.717) is 32.1 Å². The third kappa shape index (κ3) is 4.09. The van der Waals surface area contributed by atoms with Crippen LogP contribution in [0.5, 0.6) is 5.75 Å². The molecule has 0 radical (unpaired) electrons. The molecule has 11 heteroatoms. The smallest absolute Gasteiger partial charge is 0.433 e. The first-order valence-corrected chi connectivity index (χ1v) is 9.61. The molecule has 2 aromatic heterocycles. The Hall–Kier alpha value is -3.66. The maximum Gasteiger partial charge on any atom is 0.433 e. The maximum absolute atomic E-state index is 13.7. The lowest BCUT2D eigenvalue weighted by atomic mass is 10.1. The van der Waals surface area contributed by atoms with Crippen LogP contribution in [-0.4, -0.2) is 32.6 Å². The van der Waals surface area contributed by atoms with Gasteiger partial charge in [-0.05, 0) is 55.0 Å². The van der Waals surface area contributed by atoms with Crippen molar-refractivity contribution in [3.63, 3.8) is 0 Å². The van der Waals surface area contributed by atoms with Crippen LogP contribution < -0.4 is 10.1 Å². The number of benzene rings is 2. The van der Waals surface area contributed by atoms with Gasteiger partial charge >= 0.3 is 6.18 Å². The number of nitrogens with zero attached hydrogens (tertiary/aromatic N) is 4. The largest absolute Gasteiger partial charge is 0.497 e. The molecule has 2 heterocycles. The highest BCUT2D eigenvalue weighted by Gasteiger charge is 2.36. The minimum atomic E-state index is -4.76. The number of fused-ring (bicyclic) bond motifs is 1. The molecule has 1 N–H and O–H groups in total. The van der Waals surface area contributed by atoms with E-state index in [9.17, 15) is 18.0 Å². The summed E-state index contributed by atoms with van der Waals surface area (Å²) in [4.78, 5) is 20.7. The molecular formula is C21H15ClF3N5O2. The van der Waals surface area contributed by atoms with E-state index in [-0.39, 0.29) is 11.5 Å². The second kappa shape index (κ2) is 8.12. The zero-order valence-electron chi connectivity index (χ0n) is 16.7. The van der Waals surface area contributed by atoms with Crippen molar-refractivity contribution < 1.29 is 22.7 Å². The lowest BCUT2D eigenvalue weighted by Crippen LogP contribution is -2.16. The molecule has 7 nitrogen and oxygen atoms in total. The van der Waals surface area contributed by atoms with Gasteiger partial charge in [-0.3, -0.25) is 4.79 Å². The summed E-state index contributed by atoms with van der Waals surface area (Å²) in [6, 6.07) is 12.1. The standard InChI is InChI=1S/C21H15ClF3N5O2/c1-11-14(22)4-3-5-15(11)26-19(31)18-28-20-27-16(12-6-8-13(32-2)9-7-12)10-17(21(23,24)25)30(20)29-18/h3-10H,1-2H3,(H,26,31). The van der Waals surface area contributed by atoms with Crippen LogP contribution in [0.15, 0.2) is 48.5 Å². The van der Waals surface area contributed by atoms with Crippen LogP contribution in [0.25, 0.3) is 17.0 Å². The predicted molar refractivity (Wildman–Crippen MR) is 112 cm³/mol. The second-order valence-electron chi connectivity index (χ2n) is 6.77. The number of alkyl halides is 3. The molecule has 0 fully saturated rings. The van der Waals surface area contributed by atoms with E-state index in [2.05, 4.69) is 20.4 Å². The van der Waals surface area contributed by atoms with Gasteiger partial charge in [0.2, 0.25) is 5.82 Å². The quantitative estimate of drug-likeness (QED) is 0.461. The number of rotatable bonds is 4. The Morgan fingerprint density at radius 3 is 2.50 bits per heavy atom. The molecule has 0 saturated carbocycles. The summed E-state index contributed by atoms with van der Waals surface area (Å²) in [6.45, 7) is 1.69. The van der Waals surface area contributed by atoms with Crippen molar-refractivity contribution in [1.29, 1.82) is 0 Å². The summed E-state index contributed by atoms with van der Waals surface area (Å²) in [5, 5.41) is 6.74. The van der Waals surface area contributed by atoms with E-state index in [1.165, 1.54) is 7.11 Å². The van der Waals surface area contributed by atoms with E-state index in [4.69, 9.17) is 16.3 Å². The van der Waals surface area contributed by atoms with Crippen LogP contribution in [0.1, 0.15) is 21.9 Å². The average molecular weight is 462 g/mol. The van der Waals surface area contributed by atoms with Crippen molar-refractivity contribution in [2.45, 2.75) is 13.1 Å². The summed E-state index contributed by atoms with van der Waals surface area (Å²) in [5.41, 5.74) is 0.324. The highest BCUT2D eigenvalue weighted by Crippen LogP contribution is 2.32. The molecule has 0 bridgehead atoms. The van der Waals surface area contributed by atoms with Gasteiger partial charge in [0.15, 0.2) is 5.69 Å². The molecule has 0 saturated heterocycles. The van der Waals surface area contributed by atoms with Crippen molar-refractivity contribution in [3.05, 3.63) is 70.6 Å². The second-order valence-corrected chi connectivity index (χ2v) is 7.17. The van der Waals surface area contributed by atoms with Crippen molar-refractivity contribution in [2.75, 3.05) is 12.4 Å². The van der Waals surface area contributed by atoms with Crippen LogP contribution in [0, 0.1) is 6.92 Å². The van der Waals surface area contributed by atoms with Crippen LogP contribution in [0.2, 0.25) is 5.02 Å². The molecule has 4 aromatic rings. The minimum absolute atomic E-state index is 0.0255. The predicted octanol–water partition coefficient (Wildman–Crippen LogP) is 5.03. The highest BCUT2D eigenvalue weighted by atomic mass is 35.5. The summed E-state index contributed by atoms with van der Waals surface area (Å²) < 4.78 is 46.8. The van der Waals surface area contributed by atoms with Gasteiger partial charge in [0, 0.05) is 16.3 Å². The van der Waals surface area contributed by atoms with E-state index < -0.39 is 23.6 Å². The topological polar surface area (TPSA) is 81.4 Å². The first-order chi connectivity index (χ1) is 15.2. The number of anilines is 1. The fourth-order valence-electron chi connectivity index (χ4n) is 3.00. The summed E-state index contributed by atoms with van der Waals surface area (Å²) in [5.74, 6) is -1.07. The Labute approximate surface area is 184 Å². The Bertz CT molecular complexity index is 1320. The zero-order chi connectivity index (χ0) is 23.0. The summed E-state index contributed by atoms with van der Waals surface area (Å²) in [6.07, 6.45) is -4.76. The van der Waals surface area contributed by atoms with Crippen LogP contribution in [0.4, 0.5) is 18.9 Å². The Morgan fingerprint density at radius 1 is 1.12 bits per heavy atom. The van der Waals surface area contributed by atoms with Crippen molar-refractivity contribution >= 4 is 29.0 Å². The molecule has 0 aliphatic rings. The molecule has 2 aromatic carbocycles. The Balaban J connectivity index is 1.78. The molecule has 0 aliphatic carbocycles. The SMILES string of the molecule is COc1ccc(-c2cc(C(F)(F)F)n3nc(C(=O)Nc4cccc(Cl)c4C)nc3n2)cc1. The third-order valence-electron chi connectivity index (χ3n) is 4.71. The summed E-state index contributed by atoms with van der Waals surface area (Å²) in [7, 11) is 1.48. The van der Waals surface area contributed by atoms with E-state index in [1.54, 1.807) is 49.4 Å². The van der Waals surface area contributed by atoms with E-state index in [1.807, 2.05) is 0 Å². The summed E-state index contributed by atoms with van der Waals surface area (Å²) >= 11 is 6.04. The molecule has 0 atom stereocenters. The molecular weight excluding hydrogens is 447 g/mol. The van der Waals surface area contributed by atoms with Gasteiger partial charge in [0.05, 0.1) is 12.8 Å². The van der Waals surface area contributed by atoms with Crippen LogP contribution >= 0.6 is 11.6 Å². The lowest BCUT2D eigenvalue weighted by Gasteiger charge is -2.10. The number of carbonyl (C=O) groups excluding carboxylic acids is 1. The van der Waals surface area contributed by atoms with Crippen molar-refractivity contribution in [1.82, 2.24) is 19.6 Å². The fraction of sp³-hybridized carbons (Fsp3) is 0.143. The fourth-order valence-corrected chi connectivity index (χ4v) is 3.17. The van der Waals surface area contributed by atoms with Gasteiger partial charge in [-0.2, -0.15) is 22.7 Å². The van der Waals surface area contributed by atoms with Gasteiger partial charge in [-0.1, -0.05) is 17.7 Å². The number of methoxy groups -OCH3 is 1. The first-order valence-electron chi connectivity index (χ1n) is 9.23. The van der Waals surface area contributed by atoms with Gasteiger partial charge < -0.3 is 10.1 Å². The molecule has 0 spiro atoms. The van der Waals surface area contributed by atoms with Crippen LogP contribution in [-0.2, 0) is 6.18 Å². The average Bonchev–Trinajstić information content (AvgIpc) is 3.20. The van der Waals surface area contributed by atoms with Crippen molar-refractivity contribution in [2.24, 2.45) is 0 Å². The van der Waals surface area contributed by atoms with Crippen molar-refractivity contribution in [3.8, 4) is 17.0 Å². The number of ether oxygens (including phenoxy) is 1. The number of nitrogens with one attached hydrogen (secondary N) is 1. The Morgan fingerprint density at radius 2 is 1.84 bits per heavy atom. The molecule has 0 aliphatic heterocycles.